The molecule has 1 saturated heterocycles. The fourth-order valence-corrected chi connectivity index (χ4v) is 3.24. The van der Waals surface area contributed by atoms with Gasteiger partial charge >= 0.3 is 0 Å². The van der Waals surface area contributed by atoms with Crippen molar-refractivity contribution in [1.82, 2.24) is 10.6 Å². The summed E-state index contributed by atoms with van der Waals surface area (Å²) in [4.78, 5) is 14.0. The van der Waals surface area contributed by atoms with Crippen LogP contribution in [-0.4, -0.2) is 31.6 Å². The number of nitrogens with zero attached hydrogens (tertiary/aromatic N) is 1. The molecule has 1 aliphatic rings. The maximum Gasteiger partial charge on any atom is 0.242 e. The summed E-state index contributed by atoms with van der Waals surface area (Å²) < 4.78 is 1.05. The summed E-state index contributed by atoms with van der Waals surface area (Å²) in [6.07, 6.45) is 1.13. The summed E-state index contributed by atoms with van der Waals surface area (Å²) in [6, 6.07) is 6.61. The van der Waals surface area contributed by atoms with E-state index < -0.39 is 0 Å². The van der Waals surface area contributed by atoms with Crippen LogP contribution in [0.3, 0.4) is 0 Å². The van der Waals surface area contributed by atoms with Crippen molar-refractivity contribution in [2.45, 2.75) is 39.3 Å². The van der Waals surface area contributed by atoms with Gasteiger partial charge in [0.2, 0.25) is 5.91 Å². The average Bonchev–Trinajstić information content (AvgIpc) is 2.48. The van der Waals surface area contributed by atoms with E-state index in [9.17, 15) is 4.79 Å². The van der Waals surface area contributed by atoms with Gasteiger partial charge in [0.1, 0.15) is 6.04 Å². The van der Waals surface area contributed by atoms with Crippen LogP contribution >= 0.6 is 15.9 Å². The summed E-state index contributed by atoms with van der Waals surface area (Å²) >= 11 is 3.67. The Morgan fingerprint density at radius 2 is 2.29 bits per heavy atom. The Hall–Kier alpha value is -1.07. The summed E-state index contributed by atoms with van der Waals surface area (Å²) in [6.45, 7) is 8.85. The lowest BCUT2D eigenvalue weighted by molar-refractivity contribution is -0.122. The summed E-state index contributed by atoms with van der Waals surface area (Å²) in [5.41, 5.74) is 2.34. The Morgan fingerprint density at radius 3 is 2.95 bits per heavy atom. The number of nitrogens with one attached hydrogen (secondary N) is 2. The smallest absolute Gasteiger partial charge is 0.242 e. The topological polar surface area (TPSA) is 44.4 Å². The second kappa shape index (κ2) is 7.27. The summed E-state index contributed by atoms with van der Waals surface area (Å²) in [5, 5.41) is 6.39. The van der Waals surface area contributed by atoms with Crippen molar-refractivity contribution in [3.63, 3.8) is 0 Å². The molecule has 116 valence electrons. The Morgan fingerprint density at radius 1 is 1.52 bits per heavy atom. The zero-order chi connectivity index (χ0) is 15.4. The quantitative estimate of drug-likeness (QED) is 0.855. The van der Waals surface area contributed by atoms with Gasteiger partial charge in [-0.05, 0) is 60.4 Å². The minimum absolute atomic E-state index is 0.0928. The number of carbonyl (C=O) groups excluding carboxylic acids is 1. The molecular formula is C16H24BrN3O. The first-order valence-corrected chi connectivity index (χ1v) is 8.41. The molecule has 1 heterocycles. The average molecular weight is 354 g/mol. The van der Waals surface area contributed by atoms with Crippen LogP contribution in [0.2, 0.25) is 0 Å². The number of anilines is 1. The molecule has 1 aromatic carbocycles. The molecule has 1 fully saturated rings. The molecule has 1 aliphatic heterocycles. The maximum absolute atomic E-state index is 11.8. The Bertz CT molecular complexity index is 506. The number of amides is 1. The molecule has 2 atom stereocenters. The molecule has 0 saturated carbocycles. The van der Waals surface area contributed by atoms with Gasteiger partial charge in [0.15, 0.2) is 0 Å². The van der Waals surface area contributed by atoms with E-state index in [1.165, 1.54) is 5.56 Å². The van der Waals surface area contributed by atoms with Gasteiger partial charge in [-0.15, -0.1) is 0 Å². The van der Waals surface area contributed by atoms with Gasteiger partial charge in [-0.1, -0.05) is 13.0 Å². The predicted molar refractivity (Wildman–Crippen MR) is 90.7 cm³/mol. The fraction of sp³-hybridized carbons (Fsp3) is 0.562. The highest BCUT2D eigenvalue weighted by atomic mass is 79.9. The maximum atomic E-state index is 11.8. The molecule has 1 aromatic rings. The van der Waals surface area contributed by atoms with Crippen molar-refractivity contribution in [1.29, 1.82) is 0 Å². The molecule has 0 spiro atoms. The van der Waals surface area contributed by atoms with Gasteiger partial charge in [-0.25, -0.2) is 0 Å². The molecule has 4 nitrogen and oxygen atoms in total. The lowest BCUT2D eigenvalue weighted by Gasteiger charge is -2.35. The standard InChI is InChI=1S/C16H24BrN3O/c1-4-7-18-11(2)13-5-6-15(14(17)10-13)20-9-8-19-16(21)12(20)3/h5-6,10-12,18H,4,7-9H2,1-3H3,(H,19,21). The molecule has 2 N–H and O–H groups in total. The SMILES string of the molecule is CCCNC(C)c1ccc(N2CCNC(=O)C2C)c(Br)c1. The van der Waals surface area contributed by atoms with E-state index in [0.29, 0.717) is 12.6 Å². The van der Waals surface area contributed by atoms with Gasteiger partial charge in [-0.2, -0.15) is 0 Å². The van der Waals surface area contributed by atoms with Crippen LogP contribution in [0.5, 0.6) is 0 Å². The van der Waals surface area contributed by atoms with Gasteiger partial charge < -0.3 is 15.5 Å². The van der Waals surface area contributed by atoms with E-state index in [2.05, 4.69) is 63.5 Å². The predicted octanol–water partition coefficient (Wildman–Crippen LogP) is 2.83. The third-order valence-corrected chi connectivity index (χ3v) is 4.62. The van der Waals surface area contributed by atoms with Crippen molar-refractivity contribution in [3.05, 3.63) is 28.2 Å². The Kier molecular flexibility index (Phi) is 5.65. The molecule has 0 radical (unpaired) electrons. The largest absolute Gasteiger partial charge is 0.357 e. The number of hydrogen-bond acceptors (Lipinski definition) is 3. The van der Waals surface area contributed by atoms with Crippen molar-refractivity contribution < 1.29 is 4.79 Å². The highest BCUT2D eigenvalue weighted by Gasteiger charge is 2.26. The number of carbonyl (C=O) groups is 1. The van der Waals surface area contributed by atoms with Crippen molar-refractivity contribution in [2.75, 3.05) is 24.5 Å². The molecule has 1 amide bonds. The number of rotatable bonds is 5. The second-order valence-electron chi connectivity index (χ2n) is 5.55. The lowest BCUT2D eigenvalue weighted by Crippen LogP contribution is -2.54. The molecule has 0 bridgehead atoms. The summed E-state index contributed by atoms with van der Waals surface area (Å²) in [5.74, 6) is 0.0928. The molecule has 2 rings (SSSR count). The number of hydrogen-bond donors (Lipinski definition) is 2. The minimum Gasteiger partial charge on any atom is -0.357 e. The van der Waals surface area contributed by atoms with Crippen LogP contribution in [0.4, 0.5) is 5.69 Å². The normalized spacial score (nSPS) is 20.3. The zero-order valence-electron chi connectivity index (χ0n) is 12.9. The van der Waals surface area contributed by atoms with Crippen LogP contribution in [-0.2, 0) is 4.79 Å². The molecule has 5 heteroatoms. The first-order valence-electron chi connectivity index (χ1n) is 7.61. The third-order valence-electron chi connectivity index (χ3n) is 3.98. The first-order chi connectivity index (χ1) is 10.0. The lowest BCUT2D eigenvalue weighted by atomic mass is 10.1. The fourth-order valence-electron chi connectivity index (χ4n) is 2.62. The van der Waals surface area contributed by atoms with Crippen molar-refractivity contribution in [2.24, 2.45) is 0 Å². The second-order valence-corrected chi connectivity index (χ2v) is 6.40. The number of piperazine rings is 1. The van der Waals surface area contributed by atoms with Gasteiger partial charge in [0, 0.05) is 23.6 Å². The van der Waals surface area contributed by atoms with Gasteiger partial charge in [0.25, 0.3) is 0 Å². The monoisotopic (exact) mass is 353 g/mol. The molecule has 2 unspecified atom stereocenters. The van der Waals surface area contributed by atoms with E-state index in [1.807, 2.05) is 6.92 Å². The Balaban J connectivity index is 2.17. The molecule has 21 heavy (non-hydrogen) atoms. The highest BCUT2D eigenvalue weighted by Crippen LogP contribution is 2.31. The Labute approximate surface area is 135 Å². The third kappa shape index (κ3) is 3.77. The van der Waals surface area contributed by atoms with Crippen LogP contribution in [0.15, 0.2) is 22.7 Å². The van der Waals surface area contributed by atoms with Gasteiger partial charge in [-0.3, -0.25) is 4.79 Å². The number of benzene rings is 1. The van der Waals surface area contributed by atoms with Crippen LogP contribution in [0.25, 0.3) is 0 Å². The van der Waals surface area contributed by atoms with Crippen molar-refractivity contribution in [3.8, 4) is 0 Å². The van der Waals surface area contributed by atoms with Crippen LogP contribution in [0, 0.1) is 0 Å². The van der Waals surface area contributed by atoms with Crippen molar-refractivity contribution >= 4 is 27.5 Å². The molecule has 0 aromatic heterocycles. The highest BCUT2D eigenvalue weighted by molar-refractivity contribution is 9.10. The van der Waals surface area contributed by atoms with E-state index in [1.54, 1.807) is 0 Å². The van der Waals surface area contributed by atoms with E-state index in [-0.39, 0.29) is 11.9 Å². The van der Waals surface area contributed by atoms with E-state index in [0.717, 1.165) is 29.7 Å². The summed E-state index contributed by atoms with van der Waals surface area (Å²) in [7, 11) is 0. The number of halogens is 1. The van der Waals surface area contributed by atoms with Gasteiger partial charge in [0.05, 0.1) is 5.69 Å². The first kappa shape index (κ1) is 16.3. The van der Waals surface area contributed by atoms with Crippen LogP contribution < -0.4 is 15.5 Å². The zero-order valence-corrected chi connectivity index (χ0v) is 14.5. The van der Waals surface area contributed by atoms with Crippen LogP contribution in [0.1, 0.15) is 38.8 Å². The molecule has 0 aliphatic carbocycles. The minimum atomic E-state index is -0.128. The van der Waals surface area contributed by atoms with E-state index in [4.69, 9.17) is 0 Å². The van der Waals surface area contributed by atoms with E-state index >= 15 is 0 Å². The molecular weight excluding hydrogens is 330 g/mol.